The van der Waals surface area contributed by atoms with Crippen LogP contribution in [0.25, 0.3) is 0 Å². The molecule has 4 heteroatoms. The van der Waals surface area contributed by atoms with E-state index in [-0.39, 0.29) is 6.61 Å². The third kappa shape index (κ3) is 3.75. The molecule has 1 unspecified atom stereocenters. The minimum absolute atomic E-state index is 0.215. The molecule has 1 aliphatic heterocycles. The predicted molar refractivity (Wildman–Crippen MR) is 61.6 cm³/mol. The van der Waals surface area contributed by atoms with E-state index in [1.165, 1.54) is 18.6 Å². The number of ether oxygens (including phenoxy) is 1. The van der Waals surface area contributed by atoms with Gasteiger partial charge < -0.3 is 10.1 Å². The Morgan fingerprint density at radius 3 is 2.94 bits per heavy atom. The van der Waals surface area contributed by atoms with Crippen LogP contribution in [0.1, 0.15) is 18.4 Å². The summed E-state index contributed by atoms with van der Waals surface area (Å²) in [5.41, 5.74) is 0.413. The van der Waals surface area contributed by atoms with Crippen molar-refractivity contribution in [3.05, 3.63) is 35.4 Å². The first kappa shape index (κ1) is 12.5. The lowest BCUT2D eigenvalue weighted by Crippen LogP contribution is -2.11. The Labute approximate surface area is 100.0 Å². The van der Waals surface area contributed by atoms with Crippen molar-refractivity contribution in [3.63, 3.8) is 0 Å². The van der Waals surface area contributed by atoms with Crippen molar-refractivity contribution in [2.24, 2.45) is 5.92 Å². The molecule has 1 heterocycles. The van der Waals surface area contributed by atoms with Crippen LogP contribution < -0.4 is 5.32 Å². The van der Waals surface area contributed by atoms with Gasteiger partial charge in [0, 0.05) is 18.2 Å². The normalized spacial score (nSPS) is 19.8. The highest BCUT2D eigenvalue weighted by atomic mass is 19.1. The molecule has 0 aliphatic carbocycles. The second-order valence-electron chi connectivity index (χ2n) is 4.44. The molecule has 17 heavy (non-hydrogen) atoms. The molecular weight excluding hydrogens is 224 g/mol. The van der Waals surface area contributed by atoms with Gasteiger partial charge >= 0.3 is 0 Å². The van der Waals surface area contributed by atoms with Crippen molar-refractivity contribution in [1.82, 2.24) is 5.32 Å². The van der Waals surface area contributed by atoms with Crippen LogP contribution in [0.5, 0.6) is 0 Å². The molecule has 1 aromatic carbocycles. The average molecular weight is 241 g/mol. The number of benzene rings is 1. The van der Waals surface area contributed by atoms with Crippen LogP contribution >= 0.6 is 0 Å². The van der Waals surface area contributed by atoms with Crippen LogP contribution in [0, 0.1) is 17.6 Å². The Bertz CT molecular complexity index is 364. The molecular formula is C13H17F2NO. The summed E-state index contributed by atoms with van der Waals surface area (Å²) in [7, 11) is 0. The van der Waals surface area contributed by atoms with Crippen LogP contribution in [0.3, 0.4) is 0 Å². The summed E-state index contributed by atoms with van der Waals surface area (Å²) in [6, 6.07) is 3.57. The molecule has 0 aromatic heterocycles. The lowest BCUT2D eigenvalue weighted by atomic mass is 10.1. The summed E-state index contributed by atoms with van der Waals surface area (Å²) < 4.78 is 31.3. The number of hydrogen-bond donors (Lipinski definition) is 1. The van der Waals surface area contributed by atoms with Crippen LogP contribution in [0.2, 0.25) is 0 Å². The maximum Gasteiger partial charge on any atom is 0.131 e. The highest BCUT2D eigenvalue weighted by Crippen LogP contribution is 2.14. The fourth-order valence-electron chi connectivity index (χ4n) is 2.03. The molecule has 2 rings (SSSR count). The van der Waals surface area contributed by atoms with E-state index in [2.05, 4.69) is 5.32 Å². The highest BCUT2D eigenvalue weighted by Gasteiger charge is 2.13. The largest absolute Gasteiger partial charge is 0.377 e. The van der Waals surface area contributed by atoms with Crippen molar-refractivity contribution >= 4 is 0 Å². The van der Waals surface area contributed by atoms with Crippen LogP contribution in [0.15, 0.2) is 18.2 Å². The van der Waals surface area contributed by atoms with E-state index in [1.807, 2.05) is 0 Å². The lowest BCUT2D eigenvalue weighted by molar-refractivity contribution is 0.107. The van der Waals surface area contributed by atoms with Gasteiger partial charge in [-0.2, -0.15) is 0 Å². The standard InChI is InChI=1S/C13H17F2NO/c14-12-2-1-11(13(15)7-12)9-17-6-4-10-3-5-16-8-10/h1-2,7,10,16H,3-6,8-9H2. The molecule has 0 radical (unpaired) electrons. The van der Waals surface area contributed by atoms with Gasteiger partial charge in [0.05, 0.1) is 6.61 Å². The Kier molecular flexibility index (Phi) is 4.45. The molecule has 1 N–H and O–H groups in total. The third-order valence-electron chi connectivity index (χ3n) is 3.11. The molecule has 1 aliphatic rings. The molecule has 0 saturated carbocycles. The summed E-state index contributed by atoms with van der Waals surface area (Å²) in [5.74, 6) is -0.413. The third-order valence-corrected chi connectivity index (χ3v) is 3.11. The first-order valence-corrected chi connectivity index (χ1v) is 5.98. The molecule has 0 bridgehead atoms. The van der Waals surface area contributed by atoms with E-state index >= 15 is 0 Å². The predicted octanol–water partition coefficient (Wildman–Crippen LogP) is 2.48. The number of hydrogen-bond acceptors (Lipinski definition) is 2. The Morgan fingerprint density at radius 1 is 1.35 bits per heavy atom. The zero-order valence-corrected chi connectivity index (χ0v) is 9.72. The summed E-state index contributed by atoms with van der Waals surface area (Å²) in [6.45, 7) is 2.97. The molecule has 0 amide bonds. The van der Waals surface area contributed by atoms with E-state index in [1.54, 1.807) is 0 Å². The van der Waals surface area contributed by atoms with Gasteiger partial charge in [-0.3, -0.25) is 0 Å². The SMILES string of the molecule is Fc1ccc(COCCC2CCNC2)c(F)c1. The van der Waals surface area contributed by atoms with Crippen molar-refractivity contribution < 1.29 is 13.5 Å². The van der Waals surface area contributed by atoms with Gasteiger partial charge in [0.25, 0.3) is 0 Å². The molecule has 1 atom stereocenters. The second kappa shape index (κ2) is 6.07. The zero-order chi connectivity index (χ0) is 12.1. The van der Waals surface area contributed by atoms with E-state index < -0.39 is 11.6 Å². The molecule has 1 aromatic rings. The molecule has 0 spiro atoms. The van der Waals surface area contributed by atoms with Gasteiger partial charge in [0.1, 0.15) is 11.6 Å². The number of halogens is 2. The first-order chi connectivity index (χ1) is 8.25. The van der Waals surface area contributed by atoms with Crippen molar-refractivity contribution in [3.8, 4) is 0 Å². The van der Waals surface area contributed by atoms with Gasteiger partial charge in [-0.15, -0.1) is 0 Å². The Morgan fingerprint density at radius 2 is 2.24 bits per heavy atom. The fraction of sp³-hybridized carbons (Fsp3) is 0.538. The highest BCUT2D eigenvalue weighted by molar-refractivity contribution is 5.17. The maximum atomic E-state index is 13.2. The topological polar surface area (TPSA) is 21.3 Å². The second-order valence-corrected chi connectivity index (χ2v) is 4.44. The van der Waals surface area contributed by atoms with E-state index in [0.29, 0.717) is 18.1 Å². The quantitative estimate of drug-likeness (QED) is 0.800. The molecule has 1 saturated heterocycles. The van der Waals surface area contributed by atoms with Gasteiger partial charge in [-0.1, -0.05) is 6.07 Å². The maximum absolute atomic E-state index is 13.2. The smallest absolute Gasteiger partial charge is 0.131 e. The van der Waals surface area contributed by atoms with Gasteiger partial charge in [0.15, 0.2) is 0 Å². The van der Waals surface area contributed by atoms with E-state index in [0.717, 1.165) is 25.6 Å². The van der Waals surface area contributed by atoms with Gasteiger partial charge in [-0.25, -0.2) is 8.78 Å². The molecule has 1 fully saturated rings. The van der Waals surface area contributed by atoms with Gasteiger partial charge in [-0.05, 0) is 37.9 Å². The molecule has 94 valence electrons. The van der Waals surface area contributed by atoms with Crippen LogP contribution in [0.4, 0.5) is 8.78 Å². The Hall–Kier alpha value is -1.00. The van der Waals surface area contributed by atoms with Crippen LogP contribution in [-0.4, -0.2) is 19.7 Å². The lowest BCUT2D eigenvalue weighted by Gasteiger charge is -2.09. The van der Waals surface area contributed by atoms with Crippen LogP contribution in [-0.2, 0) is 11.3 Å². The minimum atomic E-state index is -0.553. The van der Waals surface area contributed by atoms with Crippen molar-refractivity contribution in [2.45, 2.75) is 19.4 Å². The first-order valence-electron chi connectivity index (χ1n) is 5.98. The van der Waals surface area contributed by atoms with E-state index in [9.17, 15) is 8.78 Å². The number of rotatable bonds is 5. The van der Waals surface area contributed by atoms with Crippen molar-refractivity contribution in [1.29, 1.82) is 0 Å². The summed E-state index contributed by atoms with van der Waals surface area (Å²) in [6.07, 6.45) is 2.18. The monoisotopic (exact) mass is 241 g/mol. The van der Waals surface area contributed by atoms with E-state index in [4.69, 9.17) is 4.74 Å². The summed E-state index contributed by atoms with van der Waals surface area (Å²) in [5, 5.41) is 3.29. The van der Waals surface area contributed by atoms with Gasteiger partial charge in [0.2, 0.25) is 0 Å². The fourth-order valence-corrected chi connectivity index (χ4v) is 2.03. The Balaban J connectivity index is 1.70. The molecule has 2 nitrogen and oxygen atoms in total. The minimum Gasteiger partial charge on any atom is -0.377 e. The zero-order valence-electron chi connectivity index (χ0n) is 9.72. The van der Waals surface area contributed by atoms with Crippen molar-refractivity contribution in [2.75, 3.05) is 19.7 Å². The summed E-state index contributed by atoms with van der Waals surface area (Å²) >= 11 is 0. The summed E-state index contributed by atoms with van der Waals surface area (Å²) in [4.78, 5) is 0. The average Bonchev–Trinajstić information content (AvgIpc) is 2.79. The number of nitrogens with one attached hydrogen (secondary N) is 1.